The predicted octanol–water partition coefficient (Wildman–Crippen LogP) is 4.63. The smallest absolute Gasteiger partial charge is 0.264 e. The van der Waals surface area contributed by atoms with E-state index in [-0.39, 0.29) is 21.3 Å². The Balaban J connectivity index is 1.43. The van der Waals surface area contributed by atoms with Gasteiger partial charge in [-0.15, -0.1) is 0 Å². The van der Waals surface area contributed by atoms with Crippen molar-refractivity contribution in [2.75, 3.05) is 21.4 Å². The monoisotopic (exact) mass is 585 g/mol. The number of rotatable bonds is 8. The fraction of sp³-hybridized carbons (Fsp3) is 0.115. The predicted molar refractivity (Wildman–Crippen MR) is 150 cm³/mol. The fourth-order valence-electron chi connectivity index (χ4n) is 3.60. The van der Waals surface area contributed by atoms with E-state index in [2.05, 4.69) is 20.0 Å². The molecule has 0 aliphatic rings. The van der Waals surface area contributed by atoms with Gasteiger partial charge in [0.1, 0.15) is 0 Å². The molecule has 0 aliphatic carbocycles. The average molecular weight is 586 g/mol. The van der Waals surface area contributed by atoms with Crippen LogP contribution in [0.15, 0.2) is 88.7 Å². The van der Waals surface area contributed by atoms with E-state index in [1.165, 1.54) is 79.8 Å². The first-order valence-corrected chi connectivity index (χ1v) is 14.8. The number of carbonyl (C=O) groups excluding carboxylic acids is 1. The maximum absolute atomic E-state index is 12.9. The van der Waals surface area contributed by atoms with E-state index in [0.717, 1.165) is 4.31 Å². The fourth-order valence-corrected chi connectivity index (χ4v) is 5.86. The van der Waals surface area contributed by atoms with E-state index in [1.807, 2.05) is 0 Å². The standard InChI is InChI=1S/C26H24ClN5O5S2/c1-17-16-18(2)29-26(28-17)31-38(34,35)23-14-8-21(9-15-23)30-25(33)19-4-10-22(11-5-19)32(3)39(36,37)24-12-6-20(27)7-13-24/h4-16H,1-3H3,(H,30,33)(H,28,29,31). The largest absolute Gasteiger partial charge is 0.322 e. The molecular weight excluding hydrogens is 562 g/mol. The highest BCUT2D eigenvalue weighted by molar-refractivity contribution is 7.93. The molecule has 0 atom stereocenters. The van der Waals surface area contributed by atoms with Gasteiger partial charge >= 0.3 is 0 Å². The van der Waals surface area contributed by atoms with Crippen LogP contribution in [0.25, 0.3) is 0 Å². The lowest BCUT2D eigenvalue weighted by Gasteiger charge is -2.20. The van der Waals surface area contributed by atoms with Crippen molar-refractivity contribution in [3.05, 3.63) is 101 Å². The number of carbonyl (C=O) groups is 1. The Bertz CT molecular complexity index is 1710. The second-order valence-corrected chi connectivity index (χ2v) is 12.6. The molecular formula is C26H24ClN5O5S2. The van der Waals surface area contributed by atoms with E-state index >= 15 is 0 Å². The lowest BCUT2D eigenvalue weighted by atomic mass is 10.2. The van der Waals surface area contributed by atoms with Crippen molar-refractivity contribution in [3.8, 4) is 0 Å². The molecule has 0 radical (unpaired) electrons. The van der Waals surface area contributed by atoms with Crippen molar-refractivity contribution in [1.82, 2.24) is 9.97 Å². The number of amides is 1. The van der Waals surface area contributed by atoms with Gasteiger partial charge in [-0.25, -0.2) is 31.5 Å². The van der Waals surface area contributed by atoms with Gasteiger partial charge in [-0.05, 0) is 92.7 Å². The number of nitrogens with one attached hydrogen (secondary N) is 2. The maximum Gasteiger partial charge on any atom is 0.264 e. The Morgan fingerprint density at radius 1 is 0.795 bits per heavy atom. The van der Waals surface area contributed by atoms with Crippen molar-refractivity contribution in [1.29, 1.82) is 0 Å². The summed E-state index contributed by atoms with van der Waals surface area (Å²) in [6.45, 7) is 3.47. The molecule has 1 aromatic heterocycles. The molecule has 2 N–H and O–H groups in total. The number of nitrogens with zero attached hydrogens (tertiary/aromatic N) is 3. The SMILES string of the molecule is Cc1cc(C)nc(NS(=O)(=O)c2ccc(NC(=O)c3ccc(N(C)S(=O)(=O)c4ccc(Cl)cc4)cc3)cc2)n1. The second kappa shape index (κ2) is 11.0. The zero-order valence-corrected chi connectivity index (χ0v) is 23.5. The Morgan fingerprint density at radius 2 is 1.33 bits per heavy atom. The Kier molecular flexibility index (Phi) is 7.91. The summed E-state index contributed by atoms with van der Waals surface area (Å²) >= 11 is 5.85. The molecule has 13 heteroatoms. The summed E-state index contributed by atoms with van der Waals surface area (Å²) in [5.74, 6) is -0.484. The zero-order valence-electron chi connectivity index (χ0n) is 21.1. The lowest BCUT2D eigenvalue weighted by molar-refractivity contribution is 0.102. The summed E-state index contributed by atoms with van der Waals surface area (Å²) in [6.07, 6.45) is 0. The number of hydrogen-bond acceptors (Lipinski definition) is 7. The number of aromatic nitrogens is 2. The summed E-state index contributed by atoms with van der Waals surface area (Å²) < 4.78 is 54.6. The first kappa shape index (κ1) is 28.0. The Labute approximate surface area is 231 Å². The molecule has 0 saturated carbocycles. The van der Waals surface area contributed by atoms with Gasteiger partial charge in [-0.3, -0.25) is 9.10 Å². The van der Waals surface area contributed by atoms with Crippen LogP contribution in [-0.4, -0.2) is 39.8 Å². The third-order valence-corrected chi connectivity index (χ3v) is 8.99. The summed E-state index contributed by atoms with van der Waals surface area (Å²) in [6, 6.07) is 19.2. The molecule has 0 aliphatic heterocycles. The topological polar surface area (TPSA) is 138 Å². The number of hydrogen-bond donors (Lipinski definition) is 2. The molecule has 4 rings (SSSR count). The van der Waals surface area contributed by atoms with Gasteiger partial charge < -0.3 is 5.32 Å². The molecule has 1 amide bonds. The van der Waals surface area contributed by atoms with Crippen molar-refractivity contribution in [3.63, 3.8) is 0 Å². The van der Waals surface area contributed by atoms with Crippen molar-refractivity contribution < 1.29 is 21.6 Å². The molecule has 4 aromatic rings. The summed E-state index contributed by atoms with van der Waals surface area (Å²) in [5.41, 5.74) is 2.26. The first-order chi connectivity index (χ1) is 18.3. The Hall–Kier alpha value is -4.00. The normalized spacial score (nSPS) is 11.6. The van der Waals surface area contributed by atoms with E-state index < -0.39 is 26.0 Å². The molecule has 39 heavy (non-hydrogen) atoms. The van der Waals surface area contributed by atoms with E-state index in [4.69, 9.17) is 11.6 Å². The number of benzene rings is 3. The minimum atomic E-state index is -3.94. The number of anilines is 3. The molecule has 0 unspecified atom stereocenters. The van der Waals surface area contributed by atoms with Crippen molar-refractivity contribution in [2.24, 2.45) is 0 Å². The third-order valence-electron chi connectivity index (χ3n) is 5.60. The number of sulfonamides is 2. The lowest BCUT2D eigenvalue weighted by Crippen LogP contribution is -2.26. The molecule has 0 fully saturated rings. The summed E-state index contributed by atoms with van der Waals surface area (Å²) in [7, 11) is -6.35. The molecule has 1 heterocycles. The molecule has 0 saturated heterocycles. The van der Waals surface area contributed by atoms with Gasteiger partial charge in [0.05, 0.1) is 15.5 Å². The molecule has 0 bridgehead atoms. The van der Waals surface area contributed by atoms with Gasteiger partial charge in [0, 0.05) is 34.7 Å². The van der Waals surface area contributed by atoms with Gasteiger partial charge in [0.15, 0.2) is 0 Å². The number of aryl methyl sites for hydroxylation is 2. The van der Waals surface area contributed by atoms with Crippen molar-refractivity contribution >= 4 is 54.9 Å². The molecule has 10 nitrogen and oxygen atoms in total. The molecule has 0 spiro atoms. The van der Waals surface area contributed by atoms with Crippen LogP contribution in [-0.2, 0) is 20.0 Å². The highest BCUT2D eigenvalue weighted by Gasteiger charge is 2.22. The first-order valence-electron chi connectivity index (χ1n) is 11.5. The van der Waals surface area contributed by atoms with E-state index in [9.17, 15) is 21.6 Å². The van der Waals surface area contributed by atoms with Gasteiger partial charge in [0.2, 0.25) is 5.95 Å². The third kappa shape index (κ3) is 6.53. The highest BCUT2D eigenvalue weighted by atomic mass is 35.5. The Morgan fingerprint density at radius 3 is 1.90 bits per heavy atom. The van der Waals surface area contributed by atoms with Crippen molar-refractivity contribution in [2.45, 2.75) is 23.6 Å². The quantitative estimate of drug-likeness (QED) is 0.307. The van der Waals surface area contributed by atoms with Gasteiger partial charge in [-0.2, -0.15) is 0 Å². The van der Waals surface area contributed by atoms with Crippen LogP contribution >= 0.6 is 11.6 Å². The number of halogens is 1. The van der Waals surface area contributed by atoms with Crippen LogP contribution in [0, 0.1) is 13.8 Å². The van der Waals surface area contributed by atoms with E-state index in [0.29, 0.717) is 27.8 Å². The van der Waals surface area contributed by atoms with Crippen LogP contribution in [0.1, 0.15) is 21.7 Å². The summed E-state index contributed by atoms with van der Waals surface area (Å²) in [4.78, 5) is 21.0. The highest BCUT2D eigenvalue weighted by Crippen LogP contribution is 2.24. The maximum atomic E-state index is 12.9. The van der Waals surface area contributed by atoms with Crippen LogP contribution in [0.2, 0.25) is 5.02 Å². The van der Waals surface area contributed by atoms with Crippen LogP contribution in [0.5, 0.6) is 0 Å². The molecule has 3 aromatic carbocycles. The average Bonchev–Trinajstić information content (AvgIpc) is 2.88. The van der Waals surface area contributed by atoms with Crippen LogP contribution < -0.4 is 14.3 Å². The minimum absolute atomic E-state index is 0.0278. The van der Waals surface area contributed by atoms with E-state index in [1.54, 1.807) is 19.9 Å². The summed E-state index contributed by atoms with van der Waals surface area (Å²) in [5, 5.41) is 3.11. The van der Waals surface area contributed by atoms with Gasteiger partial charge in [-0.1, -0.05) is 11.6 Å². The van der Waals surface area contributed by atoms with Crippen LogP contribution in [0.3, 0.4) is 0 Å². The molecule has 202 valence electrons. The van der Waals surface area contributed by atoms with Crippen LogP contribution in [0.4, 0.5) is 17.3 Å². The minimum Gasteiger partial charge on any atom is -0.322 e. The second-order valence-electron chi connectivity index (χ2n) is 8.53. The zero-order chi connectivity index (χ0) is 28.4. The van der Waals surface area contributed by atoms with Gasteiger partial charge in [0.25, 0.3) is 26.0 Å².